The summed E-state index contributed by atoms with van der Waals surface area (Å²) in [5.74, 6) is 0.00615. The summed E-state index contributed by atoms with van der Waals surface area (Å²) in [6.45, 7) is 0.266. The standard InChI is InChI=1S/C23H20ClNO3/c24-21-12-6-5-11-19(21)22(26)13-25-23(27)28-14-20-17-9-3-1-7-15(17)16-8-2-4-10-18(16)20/h1-12,20,22,26H,13-14H2,(H,25,27). The van der Waals surface area contributed by atoms with Gasteiger partial charge in [-0.25, -0.2) is 4.79 Å². The van der Waals surface area contributed by atoms with E-state index >= 15 is 0 Å². The van der Waals surface area contributed by atoms with Crippen molar-refractivity contribution >= 4 is 17.7 Å². The quantitative estimate of drug-likeness (QED) is 0.647. The van der Waals surface area contributed by atoms with Crippen LogP contribution in [0.1, 0.15) is 28.7 Å². The zero-order valence-electron chi connectivity index (χ0n) is 15.1. The highest BCUT2D eigenvalue weighted by Crippen LogP contribution is 2.44. The van der Waals surface area contributed by atoms with E-state index in [1.165, 1.54) is 11.1 Å². The Morgan fingerprint density at radius 3 is 2.18 bits per heavy atom. The molecule has 0 aromatic heterocycles. The maximum Gasteiger partial charge on any atom is 0.407 e. The van der Waals surface area contributed by atoms with Gasteiger partial charge in [0.2, 0.25) is 0 Å². The van der Waals surface area contributed by atoms with Crippen LogP contribution in [0.15, 0.2) is 72.8 Å². The van der Waals surface area contributed by atoms with Gasteiger partial charge in [0.15, 0.2) is 0 Å². The molecule has 0 spiro atoms. The van der Waals surface area contributed by atoms with E-state index in [1.54, 1.807) is 24.3 Å². The highest BCUT2D eigenvalue weighted by Gasteiger charge is 2.29. The number of carbonyl (C=O) groups excluding carboxylic acids is 1. The summed E-state index contributed by atoms with van der Waals surface area (Å²) >= 11 is 6.07. The Morgan fingerprint density at radius 1 is 0.964 bits per heavy atom. The highest BCUT2D eigenvalue weighted by atomic mass is 35.5. The van der Waals surface area contributed by atoms with Crippen molar-refractivity contribution in [2.75, 3.05) is 13.2 Å². The normalized spacial score (nSPS) is 13.5. The SMILES string of the molecule is O=C(NCC(O)c1ccccc1Cl)OCC1c2ccccc2-c2ccccc21. The first-order valence-electron chi connectivity index (χ1n) is 9.16. The van der Waals surface area contributed by atoms with Crippen molar-refractivity contribution in [3.05, 3.63) is 94.5 Å². The van der Waals surface area contributed by atoms with Crippen LogP contribution in [0.2, 0.25) is 5.02 Å². The fourth-order valence-electron chi connectivity index (χ4n) is 3.68. The lowest BCUT2D eigenvalue weighted by molar-refractivity contribution is 0.128. The molecular formula is C23H20ClNO3. The Balaban J connectivity index is 1.38. The summed E-state index contributed by atoms with van der Waals surface area (Å²) in [6.07, 6.45) is -1.46. The summed E-state index contributed by atoms with van der Waals surface area (Å²) in [5, 5.41) is 13.3. The zero-order chi connectivity index (χ0) is 19.5. The van der Waals surface area contributed by atoms with Gasteiger partial charge in [0.25, 0.3) is 0 Å². The number of carbonyl (C=O) groups is 1. The fraction of sp³-hybridized carbons (Fsp3) is 0.174. The molecular weight excluding hydrogens is 374 g/mol. The third-order valence-corrected chi connectivity index (χ3v) is 5.39. The Labute approximate surface area is 168 Å². The van der Waals surface area contributed by atoms with Gasteiger partial charge in [0.1, 0.15) is 6.61 Å². The van der Waals surface area contributed by atoms with Crippen LogP contribution in [0.5, 0.6) is 0 Å². The molecule has 1 unspecified atom stereocenters. The number of aliphatic hydroxyl groups excluding tert-OH is 1. The second-order valence-electron chi connectivity index (χ2n) is 6.74. The Bertz CT molecular complexity index is 959. The van der Waals surface area contributed by atoms with Crippen molar-refractivity contribution in [3.8, 4) is 11.1 Å². The topological polar surface area (TPSA) is 58.6 Å². The summed E-state index contributed by atoms with van der Waals surface area (Å²) in [4.78, 5) is 12.2. The molecule has 0 bridgehead atoms. The Hall–Kier alpha value is -2.82. The summed E-state index contributed by atoms with van der Waals surface area (Å²) < 4.78 is 5.46. The number of halogens is 1. The molecule has 0 heterocycles. The molecule has 0 fully saturated rings. The third kappa shape index (κ3) is 3.61. The van der Waals surface area contributed by atoms with Crippen LogP contribution in [0.3, 0.4) is 0 Å². The Kier molecular flexibility index (Phi) is 5.33. The Morgan fingerprint density at radius 2 is 1.54 bits per heavy atom. The van der Waals surface area contributed by atoms with Crippen LogP contribution in [-0.4, -0.2) is 24.4 Å². The van der Waals surface area contributed by atoms with E-state index in [2.05, 4.69) is 29.6 Å². The van der Waals surface area contributed by atoms with Gasteiger partial charge in [0, 0.05) is 16.5 Å². The number of rotatable bonds is 5. The molecule has 1 atom stereocenters. The van der Waals surface area contributed by atoms with Crippen molar-refractivity contribution in [2.24, 2.45) is 0 Å². The van der Waals surface area contributed by atoms with Gasteiger partial charge in [0.05, 0.1) is 12.6 Å². The van der Waals surface area contributed by atoms with Gasteiger partial charge in [-0.1, -0.05) is 78.3 Å². The van der Waals surface area contributed by atoms with E-state index < -0.39 is 12.2 Å². The molecule has 28 heavy (non-hydrogen) atoms. The van der Waals surface area contributed by atoms with Gasteiger partial charge in [-0.15, -0.1) is 0 Å². The summed E-state index contributed by atoms with van der Waals surface area (Å²) in [6, 6.07) is 23.4. The average Bonchev–Trinajstić information content (AvgIpc) is 3.05. The molecule has 1 amide bonds. The van der Waals surface area contributed by atoms with Crippen molar-refractivity contribution in [1.29, 1.82) is 0 Å². The summed E-state index contributed by atoms with van der Waals surface area (Å²) in [7, 11) is 0. The average molecular weight is 394 g/mol. The zero-order valence-corrected chi connectivity index (χ0v) is 15.9. The molecule has 1 aliphatic carbocycles. The molecule has 4 rings (SSSR count). The summed E-state index contributed by atoms with van der Waals surface area (Å²) in [5.41, 5.74) is 5.26. The largest absolute Gasteiger partial charge is 0.449 e. The number of benzene rings is 3. The number of amides is 1. The number of ether oxygens (including phenoxy) is 1. The van der Waals surface area contributed by atoms with Crippen LogP contribution in [0, 0.1) is 0 Å². The lowest BCUT2D eigenvalue weighted by Gasteiger charge is -2.16. The molecule has 0 aliphatic heterocycles. The van der Waals surface area contributed by atoms with Crippen LogP contribution in [-0.2, 0) is 4.74 Å². The lowest BCUT2D eigenvalue weighted by Crippen LogP contribution is -2.30. The second kappa shape index (κ2) is 8.05. The van der Waals surface area contributed by atoms with Crippen molar-refractivity contribution in [2.45, 2.75) is 12.0 Å². The monoisotopic (exact) mass is 393 g/mol. The third-order valence-electron chi connectivity index (χ3n) is 5.05. The van der Waals surface area contributed by atoms with Gasteiger partial charge >= 0.3 is 6.09 Å². The van der Waals surface area contributed by atoms with Gasteiger partial charge < -0.3 is 15.2 Å². The first kappa shape index (κ1) is 18.5. The molecule has 0 saturated heterocycles. The predicted molar refractivity (Wildman–Crippen MR) is 109 cm³/mol. The van der Waals surface area contributed by atoms with Crippen LogP contribution in [0.25, 0.3) is 11.1 Å². The number of nitrogens with one attached hydrogen (secondary N) is 1. The van der Waals surface area contributed by atoms with Crippen molar-refractivity contribution in [3.63, 3.8) is 0 Å². The molecule has 4 nitrogen and oxygen atoms in total. The predicted octanol–water partition coefficient (Wildman–Crippen LogP) is 4.91. The number of hydrogen-bond acceptors (Lipinski definition) is 3. The number of alkyl carbamates (subject to hydrolysis) is 1. The fourth-order valence-corrected chi connectivity index (χ4v) is 3.95. The maximum absolute atomic E-state index is 12.2. The molecule has 142 valence electrons. The smallest absolute Gasteiger partial charge is 0.407 e. The molecule has 0 radical (unpaired) electrons. The minimum absolute atomic E-state index is 0.00615. The van der Waals surface area contributed by atoms with E-state index in [-0.39, 0.29) is 19.1 Å². The van der Waals surface area contributed by atoms with E-state index in [0.717, 1.165) is 11.1 Å². The van der Waals surface area contributed by atoms with Crippen molar-refractivity contribution < 1.29 is 14.6 Å². The second-order valence-corrected chi connectivity index (χ2v) is 7.15. The number of aliphatic hydroxyl groups is 1. The number of fused-ring (bicyclic) bond motifs is 3. The van der Waals surface area contributed by atoms with E-state index in [9.17, 15) is 9.90 Å². The van der Waals surface area contributed by atoms with Gasteiger partial charge in [-0.2, -0.15) is 0 Å². The molecule has 3 aromatic rings. The maximum atomic E-state index is 12.2. The minimum Gasteiger partial charge on any atom is -0.449 e. The van der Waals surface area contributed by atoms with E-state index in [4.69, 9.17) is 16.3 Å². The van der Waals surface area contributed by atoms with Crippen molar-refractivity contribution in [1.82, 2.24) is 5.32 Å². The molecule has 1 aliphatic rings. The first-order chi connectivity index (χ1) is 13.6. The van der Waals surface area contributed by atoms with Crippen LogP contribution < -0.4 is 5.32 Å². The van der Waals surface area contributed by atoms with Crippen LogP contribution in [0.4, 0.5) is 4.79 Å². The molecule has 2 N–H and O–H groups in total. The molecule has 5 heteroatoms. The van der Waals surface area contributed by atoms with Crippen LogP contribution >= 0.6 is 11.6 Å². The van der Waals surface area contributed by atoms with Gasteiger partial charge in [-0.05, 0) is 28.3 Å². The van der Waals surface area contributed by atoms with E-state index in [1.807, 2.05) is 24.3 Å². The molecule has 3 aromatic carbocycles. The molecule has 0 saturated carbocycles. The minimum atomic E-state index is -0.894. The lowest BCUT2D eigenvalue weighted by atomic mass is 9.98. The highest BCUT2D eigenvalue weighted by molar-refractivity contribution is 6.31. The van der Waals surface area contributed by atoms with E-state index in [0.29, 0.717) is 10.6 Å². The van der Waals surface area contributed by atoms with Gasteiger partial charge in [-0.3, -0.25) is 0 Å². The first-order valence-corrected chi connectivity index (χ1v) is 9.54. The number of hydrogen-bond donors (Lipinski definition) is 2.